The summed E-state index contributed by atoms with van der Waals surface area (Å²) >= 11 is 14.3. The average Bonchev–Trinajstić information content (AvgIpc) is 2.94. The number of aliphatic hydroxyl groups is 1. The molecule has 3 N–H and O–H groups in total. The molecule has 1 aliphatic heterocycles. The maximum atomic E-state index is 12.8. The van der Waals surface area contributed by atoms with Gasteiger partial charge in [-0.15, -0.1) is 11.8 Å². The molecule has 1 saturated heterocycles. The maximum absolute atomic E-state index is 12.8. The highest BCUT2D eigenvalue weighted by Gasteiger charge is 2.41. The number of hydrogen-bond donors (Lipinski definition) is 3. The number of likely N-dealkylation sites (tertiary alicyclic amines) is 1. The van der Waals surface area contributed by atoms with Gasteiger partial charge in [0.1, 0.15) is 5.75 Å². The lowest BCUT2D eigenvalue weighted by atomic mass is 9.73. The van der Waals surface area contributed by atoms with Gasteiger partial charge in [0, 0.05) is 27.1 Å². The Morgan fingerprint density at radius 2 is 2.03 bits per heavy atom. The van der Waals surface area contributed by atoms with Crippen LogP contribution in [0.2, 0.25) is 10.0 Å². The van der Waals surface area contributed by atoms with Gasteiger partial charge in [-0.3, -0.25) is 15.0 Å². The van der Waals surface area contributed by atoms with E-state index in [1.54, 1.807) is 18.9 Å². The van der Waals surface area contributed by atoms with Crippen LogP contribution in [-0.4, -0.2) is 58.6 Å². The largest absolute Gasteiger partial charge is 0.497 e. The first-order chi connectivity index (χ1) is 18.3. The summed E-state index contributed by atoms with van der Waals surface area (Å²) in [5.74, 6) is 1.23. The number of aliphatic hydroxyl groups excluding tert-OH is 1. The van der Waals surface area contributed by atoms with Gasteiger partial charge in [-0.2, -0.15) is 0 Å². The highest BCUT2D eigenvalue weighted by Crippen LogP contribution is 2.41. The molecule has 1 aliphatic rings. The van der Waals surface area contributed by atoms with Crippen LogP contribution >= 0.6 is 35.0 Å². The SMILES string of the molecule is COc1ccc2ncc(Cl)c([C@H](O)CCC3(C(=O)NO)CCN(CCCSc4cccc(Cl)c4)CC3)c2c1. The molecule has 0 spiro atoms. The van der Waals surface area contributed by atoms with E-state index in [-0.39, 0.29) is 0 Å². The van der Waals surface area contributed by atoms with Crippen molar-refractivity contribution in [3.63, 3.8) is 0 Å². The third-order valence-corrected chi connectivity index (χ3v) is 8.99. The number of aromatic nitrogens is 1. The first-order valence-corrected chi connectivity index (χ1v) is 14.4. The Labute approximate surface area is 237 Å². The monoisotopic (exact) mass is 577 g/mol. The van der Waals surface area contributed by atoms with E-state index in [9.17, 15) is 15.1 Å². The van der Waals surface area contributed by atoms with Crippen LogP contribution < -0.4 is 10.2 Å². The van der Waals surface area contributed by atoms with Crippen LogP contribution in [0.5, 0.6) is 5.75 Å². The number of nitrogens with one attached hydrogen (secondary N) is 1. The lowest BCUT2D eigenvalue weighted by molar-refractivity contribution is -0.143. The summed E-state index contributed by atoms with van der Waals surface area (Å²) in [6, 6.07) is 13.3. The fraction of sp³-hybridized carbons (Fsp3) is 0.429. The Bertz CT molecular complexity index is 1250. The van der Waals surface area contributed by atoms with Crippen LogP contribution in [0.15, 0.2) is 53.6 Å². The minimum atomic E-state index is -0.898. The molecule has 0 bridgehead atoms. The summed E-state index contributed by atoms with van der Waals surface area (Å²) in [4.78, 5) is 20.7. The molecule has 3 aromatic rings. The number of rotatable bonds is 11. The number of ether oxygens (including phenoxy) is 1. The van der Waals surface area contributed by atoms with Crippen LogP contribution in [0.3, 0.4) is 0 Å². The summed E-state index contributed by atoms with van der Waals surface area (Å²) in [5.41, 5.74) is 2.40. The normalized spacial score (nSPS) is 16.3. The number of pyridine rings is 1. The van der Waals surface area contributed by atoms with Crippen LogP contribution in [0.4, 0.5) is 0 Å². The van der Waals surface area contributed by atoms with E-state index in [0.29, 0.717) is 47.5 Å². The highest BCUT2D eigenvalue weighted by molar-refractivity contribution is 7.99. The fourth-order valence-corrected chi connectivity index (χ4v) is 6.57. The molecule has 1 amide bonds. The van der Waals surface area contributed by atoms with Gasteiger partial charge in [0.2, 0.25) is 5.91 Å². The van der Waals surface area contributed by atoms with Crippen molar-refractivity contribution in [3.05, 3.63) is 64.3 Å². The Morgan fingerprint density at radius 1 is 1.24 bits per heavy atom. The summed E-state index contributed by atoms with van der Waals surface area (Å²) in [5, 5.41) is 22.5. The van der Waals surface area contributed by atoms with Crippen LogP contribution in [0.1, 0.15) is 43.8 Å². The zero-order valence-corrected chi connectivity index (χ0v) is 23.7. The number of nitrogens with zero attached hydrogens (tertiary/aromatic N) is 2. The number of methoxy groups -OCH3 is 1. The summed E-state index contributed by atoms with van der Waals surface area (Å²) in [6.07, 6.45) is 3.60. The second-order valence-electron chi connectivity index (χ2n) is 9.68. The third kappa shape index (κ3) is 6.92. The smallest absolute Gasteiger partial charge is 0.249 e. The average molecular weight is 579 g/mol. The van der Waals surface area contributed by atoms with Crippen LogP contribution in [0, 0.1) is 5.41 Å². The Hall–Kier alpha value is -2.07. The third-order valence-electron chi connectivity index (χ3n) is 7.38. The molecule has 0 unspecified atom stereocenters. The molecule has 1 atom stereocenters. The Kier molecular flexibility index (Phi) is 10.1. The molecule has 10 heteroatoms. The molecule has 4 rings (SSSR count). The van der Waals surface area contributed by atoms with Gasteiger partial charge in [-0.1, -0.05) is 29.3 Å². The summed E-state index contributed by atoms with van der Waals surface area (Å²) < 4.78 is 5.34. The molecule has 2 heterocycles. The van der Waals surface area contributed by atoms with E-state index in [1.807, 2.05) is 41.9 Å². The van der Waals surface area contributed by atoms with E-state index in [4.69, 9.17) is 27.9 Å². The van der Waals surface area contributed by atoms with E-state index in [0.717, 1.165) is 47.1 Å². The van der Waals surface area contributed by atoms with Crippen molar-refractivity contribution < 1.29 is 19.8 Å². The van der Waals surface area contributed by atoms with E-state index < -0.39 is 17.4 Å². The van der Waals surface area contributed by atoms with Crippen molar-refractivity contribution in [2.24, 2.45) is 5.41 Å². The van der Waals surface area contributed by atoms with Crippen molar-refractivity contribution >= 4 is 51.8 Å². The number of benzene rings is 2. The Balaban J connectivity index is 1.35. The fourth-order valence-electron chi connectivity index (χ4n) is 5.14. The van der Waals surface area contributed by atoms with Crippen LogP contribution in [-0.2, 0) is 4.79 Å². The number of carbonyl (C=O) groups excluding carboxylic acids is 1. The minimum absolute atomic E-state index is 0.319. The van der Waals surface area contributed by atoms with Crippen molar-refractivity contribution in [2.45, 2.75) is 43.1 Å². The molecule has 0 radical (unpaired) electrons. The second-order valence-corrected chi connectivity index (χ2v) is 11.7. The standard InChI is InChI=1S/C28H33Cl2N3O4S/c1-37-20-6-7-24-22(17-20)26(23(30)18-31-24)25(34)8-9-28(27(35)32-36)10-13-33(14-11-28)12-3-15-38-21-5-2-4-19(29)16-21/h2,4-7,16-18,25,34,36H,3,8-15H2,1H3,(H,32,35)/t25-/m1/s1. The number of amides is 1. The molecule has 0 saturated carbocycles. The van der Waals surface area contributed by atoms with Gasteiger partial charge in [0.05, 0.1) is 29.2 Å². The first-order valence-electron chi connectivity index (χ1n) is 12.7. The molecule has 7 nitrogen and oxygen atoms in total. The molecule has 204 valence electrons. The number of piperidine rings is 1. The minimum Gasteiger partial charge on any atom is -0.497 e. The van der Waals surface area contributed by atoms with Crippen molar-refractivity contribution in [2.75, 3.05) is 32.5 Å². The van der Waals surface area contributed by atoms with Gasteiger partial charge in [-0.05, 0) is 93.9 Å². The van der Waals surface area contributed by atoms with Crippen molar-refractivity contribution in [1.82, 2.24) is 15.4 Å². The first kappa shape index (κ1) is 28.9. The zero-order valence-electron chi connectivity index (χ0n) is 21.3. The quantitative estimate of drug-likeness (QED) is 0.109. The second kappa shape index (κ2) is 13.3. The molecule has 0 aliphatic carbocycles. The van der Waals surface area contributed by atoms with Gasteiger partial charge in [0.15, 0.2) is 0 Å². The van der Waals surface area contributed by atoms with E-state index in [1.165, 1.54) is 6.20 Å². The molecule has 2 aromatic carbocycles. The molecular formula is C28H33Cl2N3O4S. The zero-order chi connectivity index (χ0) is 27.1. The number of hydroxylamine groups is 1. The lowest BCUT2D eigenvalue weighted by Gasteiger charge is -2.40. The molecule has 38 heavy (non-hydrogen) atoms. The van der Waals surface area contributed by atoms with E-state index >= 15 is 0 Å². The molecular weight excluding hydrogens is 545 g/mol. The van der Waals surface area contributed by atoms with Gasteiger partial charge in [0.25, 0.3) is 0 Å². The van der Waals surface area contributed by atoms with Gasteiger partial charge < -0.3 is 14.7 Å². The number of thioether (sulfide) groups is 1. The number of carbonyl (C=O) groups is 1. The maximum Gasteiger partial charge on any atom is 0.249 e. The topological polar surface area (TPSA) is 94.9 Å². The predicted molar refractivity (Wildman–Crippen MR) is 152 cm³/mol. The molecule has 1 aromatic heterocycles. The van der Waals surface area contributed by atoms with Crippen molar-refractivity contribution in [1.29, 1.82) is 0 Å². The van der Waals surface area contributed by atoms with E-state index in [2.05, 4.69) is 16.0 Å². The number of halogens is 2. The van der Waals surface area contributed by atoms with Gasteiger partial charge in [-0.25, -0.2) is 5.48 Å². The van der Waals surface area contributed by atoms with Gasteiger partial charge >= 0.3 is 0 Å². The number of fused-ring (bicyclic) bond motifs is 1. The highest BCUT2D eigenvalue weighted by atomic mass is 35.5. The van der Waals surface area contributed by atoms with Crippen molar-refractivity contribution in [3.8, 4) is 5.75 Å². The lowest BCUT2D eigenvalue weighted by Crippen LogP contribution is -2.48. The molecule has 1 fully saturated rings. The summed E-state index contributed by atoms with van der Waals surface area (Å²) in [7, 11) is 1.58. The summed E-state index contributed by atoms with van der Waals surface area (Å²) in [6.45, 7) is 2.44. The predicted octanol–water partition coefficient (Wildman–Crippen LogP) is 6.13. The number of hydrogen-bond acceptors (Lipinski definition) is 7. The Morgan fingerprint density at radius 3 is 2.74 bits per heavy atom. The van der Waals surface area contributed by atoms with Crippen LogP contribution in [0.25, 0.3) is 10.9 Å².